The van der Waals surface area contributed by atoms with Gasteiger partial charge in [-0.15, -0.1) is 0 Å². The maximum Gasteiger partial charge on any atom is 2.00 e. The maximum absolute atomic E-state index is 9.71. The van der Waals surface area contributed by atoms with Crippen LogP contribution >= 0.6 is 0 Å². The number of carboxylic acids is 2. The maximum atomic E-state index is 9.71. The van der Waals surface area contributed by atoms with Gasteiger partial charge in [0.15, 0.2) is 0 Å². The van der Waals surface area contributed by atoms with Crippen molar-refractivity contribution in [2.45, 2.75) is 6.42 Å². The summed E-state index contributed by atoms with van der Waals surface area (Å²) in [5.74, 6) is -3.60. The summed E-state index contributed by atoms with van der Waals surface area (Å²) in [7, 11) is -3.80. The number of hydrogen-bond donors (Lipinski definition) is 2. The minimum absolute atomic E-state index is 0. The van der Waals surface area contributed by atoms with E-state index in [1.165, 1.54) is 0 Å². The van der Waals surface area contributed by atoms with Crippen LogP contribution in [0.1, 0.15) is 6.42 Å². The van der Waals surface area contributed by atoms with Crippen LogP contribution in [0.15, 0.2) is 0 Å². The van der Waals surface area contributed by atoms with Crippen molar-refractivity contribution in [3.63, 3.8) is 0 Å². The van der Waals surface area contributed by atoms with Crippen LogP contribution in [0.4, 0.5) is 0 Å². The van der Waals surface area contributed by atoms with E-state index in [9.17, 15) is 28.2 Å². The van der Waals surface area contributed by atoms with Gasteiger partial charge in [-0.2, -0.15) is 8.42 Å². The van der Waals surface area contributed by atoms with E-state index in [2.05, 4.69) is 0 Å². The predicted molar refractivity (Wildman–Crippen MR) is 40.1 cm³/mol. The molecule has 0 saturated heterocycles. The summed E-state index contributed by atoms with van der Waals surface area (Å²) < 4.78 is 27.3. The molecule has 0 amide bonds. The fraction of sp³-hybridized carbons (Fsp3) is 0.600. The van der Waals surface area contributed by atoms with Crippen molar-refractivity contribution >= 4 is 22.1 Å². The number of nitrogens with two attached hydrogens (primary N) is 1. The first kappa shape index (κ1) is 19.9. The zero-order chi connectivity index (χ0) is 11.8. The Bertz CT molecular complexity index is 276. The van der Waals surface area contributed by atoms with Crippen LogP contribution in [0.25, 0.3) is 0 Å². The van der Waals surface area contributed by atoms with Gasteiger partial charge in [0.05, 0.1) is 5.75 Å². The normalized spacial score (nSPS) is 9.20. The number of carbonyl (C=O) groups excluding carboxylic acids is 2. The smallest absolute Gasteiger partial charge is 0.550 e. The van der Waals surface area contributed by atoms with Crippen LogP contribution in [0.3, 0.4) is 0 Å². The van der Waals surface area contributed by atoms with E-state index < -0.39 is 28.5 Å². The molecule has 0 bridgehead atoms. The number of carbonyl (C=O) groups is 2. The second-order valence-corrected chi connectivity index (χ2v) is 3.57. The van der Waals surface area contributed by atoms with E-state index in [1.807, 2.05) is 0 Å². The first-order valence-corrected chi connectivity index (χ1v) is 4.85. The summed E-state index contributed by atoms with van der Waals surface area (Å²) in [4.78, 5) is 18.6. The summed E-state index contributed by atoms with van der Waals surface area (Å²) in [5, 5.41) is 18.6. The Morgan fingerprint density at radius 1 is 1.20 bits per heavy atom. The first-order valence-electron chi connectivity index (χ1n) is 3.24. The summed E-state index contributed by atoms with van der Waals surface area (Å²) in [6.07, 6.45) is -1.03. The second-order valence-electron chi connectivity index (χ2n) is 2.00. The third kappa shape index (κ3) is 31.8. The number of hydrogen-bond acceptors (Lipinski definition) is 7. The zero-order valence-corrected chi connectivity index (χ0v) is 11.5. The van der Waals surface area contributed by atoms with Crippen LogP contribution in [0.2, 0.25) is 0 Å². The van der Waals surface area contributed by atoms with Gasteiger partial charge in [0.2, 0.25) is 0 Å². The van der Waals surface area contributed by atoms with Crippen LogP contribution in [-0.2, 0) is 39.2 Å². The monoisotopic (exact) mass is 291 g/mol. The summed E-state index contributed by atoms with van der Waals surface area (Å²) in [5.41, 5.74) is 4.78. The van der Waals surface area contributed by atoms with Crippen molar-refractivity contribution < 1.29 is 52.3 Å². The summed E-state index contributed by atoms with van der Waals surface area (Å²) in [6.45, 7) is -0.0289. The molecule has 0 radical (unpaired) electrons. The van der Waals surface area contributed by atoms with Gasteiger partial charge >= 0.3 is 19.5 Å². The van der Waals surface area contributed by atoms with Crippen LogP contribution in [0.5, 0.6) is 0 Å². The molecule has 84 valence electrons. The summed E-state index contributed by atoms with van der Waals surface area (Å²) >= 11 is 0. The molecule has 0 aromatic heterocycles. The summed E-state index contributed by atoms with van der Waals surface area (Å²) in [6, 6.07) is 0. The van der Waals surface area contributed by atoms with Gasteiger partial charge in [0.25, 0.3) is 10.1 Å². The van der Waals surface area contributed by atoms with Gasteiger partial charge < -0.3 is 25.5 Å². The minimum Gasteiger partial charge on any atom is -0.550 e. The molecule has 0 unspecified atom stereocenters. The fourth-order valence-electron chi connectivity index (χ4n) is 0.267. The molecule has 15 heavy (non-hydrogen) atoms. The average molecular weight is 293 g/mol. The number of rotatable bonds is 4. The standard InChI is InChI=1S/C3H4O4.C2H7NO3S.Zn/c4-2(5)1-3(6)7;3-1-2-7(4,5)6;/h1H2,(H,4,5)(H,6,7);1-3H2,(H,4,5,6);/q;;+2/p-2. The van der Waals surface area contributed by atoms with E-state index in [0.717, 1.165) is 0 Å². The van der Waals surface area contributed by atoms with Gasteiger partial charge in [-0.3, -0.25) is 4.55 Å². The van der Waals surface area contributed by atoms with Crippen molar-refractivity contribution in [3.05, 3.63) is 0 Å². The van der Waals surface area contributed by atoms with E-state index in [0.29, 0.717) is 0 Å². The largest absolute Gasteiger partial charge is 2.00 e. The van der Waals surface area contributed by atoms with Crippen LogP contribution in [-0.4, -0.2) is 37.2 Å². The molecule has 0 atom stereocenters. The molecule has 0 aromatic carbocycles. The van der Waals surface area contributed by atoms with Gasteiger partial charge in [-0.1, -0.05) is 0 Å². The molecular weight excluding hydrogens is 284 g/mol. The molecular formula is C5H9NO7SZn. The Morgan fingerprint density at radius 2 is 1.53 bits per heavy atom. The minimum atomic E-state index is -3.80. The molecule has 0 rings (SSSR count). The quantitative estimate of drug-likeness (QED) is 0.299. The molecule has 3 N–H and O–H groups in total. The van der Waals surface area contributed by atoms with Crippen molar-refractivity contribution in [2.75, 3.05) is 12.3 Å². The van der Waals surface area contributed by atoms with Gasteiger partial charge in [-0.05, 0) is 0 Å². The van der Waals surface area contributed by atoms with E-state index >= 15 is 0 Å². The number of aliphatic carboxylic acids is 2. The van der Waals surface area contributed by atoms with E-state index in [1.54, 1.807) is 0 Å². The Hall–Kier alpha value is -0.567. The molecule has 0 aromatic rings. The second kappa shape index (κ2) is 9.97. The van der Waals surface area contributed by atoms with E-state index in [4.69, 9.17) is 10.3 Å². The van der Waals surface area contributed by atoms with Crippen molar-refractivity contribution in [2.24, 2.45) is 5.73 Å². The zero-order valence-electron chi connectivity index (χ0n) is 7.71. The molecule has 0 fully saturated rings. The van der Waals surface area contributed by atoms with Crippen LogP contribution in [0, 0.1) is 0 Å². The van der Waals surface area contributed by atoms with Crippen molar-refractivity contribution in [3.8, 4) is 0 Å². The molecule has 0 spiro atoms. The molecule has 8 nitrogen and oxygen atoms in total. The van der Waals surface area contributed by atoms with E-state index in [-0.39, 0.29) is 31.8 Å². The Morgan fingerprint density at radius 3 is 1.53 bits per heavy atom. The molecule has 0 saturated carbocycles. The van der Waals surface area contributed by atoms with Crippen LogP contribution < -0.4 is 15.9 Å². The molecule has 0 aliphatic carbocycles. The molecule has 0 heterocycles. The Kier molecular flexibility index (Phi) is 13.2. The van der Waals surface area contributed by atoms with Gasteiger partial charge in [0.1, 0.15) is 0 Å². The number of carboxylic acid groups (broad SMARTS) is 2. The van der Waals surface area contributed by atoms with Crippen molar-refractivity contribution in [1.29, 1.82) is 0 Å². The molecule has 10 heteroatoms. The third-order valence-corrected chi connectivity index (χ3v) is 1.42. The average Bonchev–Trinajstić information content (AvgIpc) is 1.80. The Balaban J connectivity index is -0.000000180. The predicted octanol–water partition coefficient (Wildman–Crippen LogP) is -4.29. The first-order chi connectivity index (χ1) is 6.19. The van der Waals surface area contributed by atoms with Gasteiger partial charge in [-0.25, -0.2) is 0 Å². The van der Waals surface area contributed by atoms with Gasteiger partial charge in [0, 0.05) is 24.9 Å². The van der Waals surface area contributed by atoms with Crippen molar-refractivity contribution in [1.82, 2.24) is 0 Å². The fourth-order valence-corrected chi connectivity index (χ4v) is 0.565. The molecule has 0 aliphatic rings. The SMILES string of the molecule is NCCS(=O)(=O)O.O=C([O-])CC(=O)[O-].[Zn+2]. The third-order valence-electron chi connectivity index (χ3n) is 0.664. The topological polar surface area (TPSA) is 161 Å². The molecule has 0 aliphatic heterocycles. The Labute approximate surface area is 99.0 Å².